The molecular weight excluding hydrogens is 323 g/mol. The third-order valence-electron chi connectivity index (χ3n) is 3.92. The largest absolute Gasteiger partial charge is 0.451 e. The number of hydrogen-bond donors (Lipinski definition) is 1. The van der Waals surface area contributed by atoms with E-state index in [0.29, 0.717) is 6.54 Å². The van der Waals surface area contributed by atoms with Crippen LogP contribution in [0.2, 0.25) is 0 Å². The number of urea groups is 1. The molecule has 0 saturated carbocycles. The number of nitrogens with one attached hydrogen (secondary N) is 1. The number of fused-ring (bicyclic) bond motifs is 1. The first-order valence-electron chi connectivity index (χ1n) is 8.10. The zero-order chi connectivity index (χ0) is 18.0. The van der Waals surface area contributed by atoms with Crippen LogP contribution < -0.4 is 5.32 Å². The van der Waals surface area contributed by atoms with Crippen LogP contribution in [0.5, 0.6) is 0 Å². The molecule has 1 aromatic heterocycles. The number of hydrogen-bond acceptors (Lipinski definition) is 3. The van der Waals surface area contributed by atoms with Crippen LogP contribution in [0.4, 0.5) is 18.0 Å². The maximum Gasteiger partial charge on any atom is 0.451 e. The number of nitrogens with zero attached hydrogens (tertiary/aromatic N) is 4. The third kappa shape index (κ3) is 4.85. The van der Waals surface area contributed by atoms with E-state index in [2.05, 4.69) is 36.3 Å². The van der Waals surface area contributed by atoms with Gasteiger partial charge >= 0.3 is 12.2 Å². The van der Waals surface area contributed by atoms with E-state index in [1.165, 1.54) is 4.90 Å². The summed E-state index contributed by atoms with van der Waals surface area (Å²) in [5.74, 6) is -0.837. The van der Waals surface area contributed by atoms with Crippen molar-refractivity contribution in [3.05, 3.63) is 11.6 Å². The number of halogens is 3. The molecular formula is C15H24F3N5O. The fraction of sp³-hybridized carbons (Fsp3) is 0.800. The van der Waals surface area contributed by atoms with Crippen LogP contribution in [-0.2, 0) is 19.3 Å². The van der Waals surface area contributed by atoms with Crippen molar-refractivity contribution < 1.29 is 18.0 Å². The Balaban J connectivity index is 1.81. The number of alkyl halides is 3. The van der Waals surface area contributed by atoms with Crippen molar-refractivity contribution in [3.8, 4) is 0 Å². The van der Waals surface area contributed by atoms with Crippen LogP contribution in [0.15, 0.2) is 0 Å². The van der Waals surface area contributed by atoms with Crippen molar-refractivity contribution in [1.29, 1.82) is 0 Å². The lowest BCUT2D eigenvalue weighted by Crippen LogP contribution is -2.45. The predicted octanol–water partition coefficient (Wildman–Crippen LogP) is 3.04. The summed E-state index contributed by atoms with van der Waals surface area (Å²) in [6, 6.07) is -0.270. The topological polar surface area (TPSA) is 63.1 Å². The highest BCUT2D eigenvalue weighted by atomic mass is 19.4. The van der Waals surface area contributed by atoms with E-state index >= 15 is 0 Å². The van der Waals surface area contributed by atoms with Gasteiger partial charge in [0.25, 0.3) is 0 Å². The van der Waals surface area contributed by atoms with E-state index in [9.17, 15) is 18.0 Å². The number of rotatable bonds is 4. The fourth-order valence-electron chi connectivity index (χ4n) is 2.63. The Kier molecular flexibility index (Phi) is 5.39. The van der Waals surface area contributed by atoms with Crippen LogP contribution in [-0.4, -0.2) is 38.8 Å². The molecule has 0 unspecified atom stereocenters. The summed E-state index contributed by atoms with van der Waals surface area (Å²) in [5.41, 5.74) is 0.275. The van der Waals surface area contributed by atoms with Crippen molar-refractivity contribution in [2.24, 2.45) is 5.41 Å². The molecule has 6 nitrogen and oxygen atoms in total. The molecule has 136 valence electrons. The van der Waals surface area contributed by atoms with Gasteiger partial charge in [-0.3, -0.25) is 0 Å². The van der Waals surface area contributed by atoms with E-state index in [4.69, 9.17) is 0 Å². The average Bonchev–Trinajstić information content (AvgIpc) is 2.88. The van der Waals surface area contributed by atoms with Crippen LogP contribution in [0.1, 0.15) is 51.7 Å². The second kappa shape index (κ2) is 6.98. The molecule has 0 atom stereocenters. The molecule has 2 rings (SSSR count). The van der Waals surface area contributed by atoms with Crippen LogP contribution in [0, 0.1) is 5.41 Å². The van der Waals surface area contributed by atoms with Gasteiger partial charge in [-0.2, -0.15) is 13.2 Å². The van der Waals surface area contributed by atoms with Crippen molar-refractivity contribution in [3.63, 3.8) is 0 Å². The molecule has 0 bridgehead atoms. The average molecular weight is 347 g/mol. The molecule has 2 amide bonds. The molecule has 0 radical (unpaired) electrons. The Bertz CT molecular complexity index is 577. The zero-order valence-corrected chi connectivity index (χ0v) is 14.3. The Labute approximate surface area is 139 Å². The normalized spacial score (nSPS) is 15.3. The summed E-state index contributed by atoms with van der Waals surface area (Å²) < 4.78 is 39.3. The van der Waals surface area contributed by atoms with Gasteiger partial charge in [-0.25, -0.2) is 4.79 Å². The highest BCUT2D eigenvalue weighted by Crippen LogP contribution is 2.29. The molecule has 1 aromatic rings. The van der Waals surface area contributed by atoms with Gasteiger partial charge in [0.1, 0.15) is 0 Å². The molecule has 1 N–H and O–H groups in total. The molecule has 0 aromatic carbocycles. The minimum atomic E-state index is -4.53. The lowest BCUT2D eigenvalue weighted by molar-refractivity contribution is -0.147. The molecule has 9 heteroatoms. The van der Waals surface area contributed by atoms with Crippen molar-refractivity contribution in [2.75, 3.05) is 13.1 Å². The second-order valence-corrected chi connectivity index (χ2v) is 7.26. The smallest absolute Gasteiger partial charge is 0.338 e. The van der Waals surface area contributed by atoms with Gasteiger partial charge in [0, 0.05) is 19.6 Å². The summed E-state index contributed by atoms with van der Waals surface area (Å²) >= 11 is 0. The lowest BCUT2D eigenvalue weighted by Gasteiger charge is -2.28. The number of unbranched alkanes of at least 4 members (excludes halogenated alkanes) is 1. The second-order valence-electron chi connectivity index (χ2n) is 7.26. The molecule has 1 aliphatic rings. The van der Waals surface area contributed by atoms with Crippen molar-refractivity contribution >= 4 is 6.03 Å². The Morgan fingerprint density at radius 2 is 1.88 bits per heavy atom. The maximum absolute atomic E-state index is 12.8. The molecule has 0 fully saturated rings. The molecule has 2 heterocycles. The highest BCUT2D eigenvalue weighted by Gasteiger charge is 2.39. The first kappa shape index (κ1) is 18.5. The minimum absolute atomic E-state index is 0.0386. The quantitative estimate of drug-likeness (QED) is 0.852. The van der Waals surface area contributed by atoms with Crippen molar-refractivity contribution in [2.45, 2.75) is 59.3 Å². The molecule has 0 spiro atoms. The van der Waals surface area contributed by atoms with E-state index in [0.717, 1.165) is 23.8 Å². The lowest BCUT2D eigenvalue weighted by atomic mass is 9.90. The Morgan fingerprint density at radius 3 is 2.50 bits per heavy atom. The molecule has 0 saturated heterocycles. The van der Waals surface area contributed by atoms with Gasteiger partial charge in [-0.05, 0) is 18.3 Å². The summed E-state index contributed by atoms with van der Waals surface area (Å²) in [7, 11) is 0. The molecule has 24 heavy (non-hydrogen) atoms. The van der Waals surface area contributed by atoms with Gasteiger partial charge in [0.05, 0.1) is 6.54 Å². The Hall–Kier alpha value is -1.80. The number of amides is 2. The highest BCUT2D eigenvalue weighted by molar-refractivity contribution is 5.74. The number of carbonyl (C=O) groups is 1. The van der Waals surface area contributed by atoms with Gasteiger partial charge < -0.3 is 14.8 Å². The summed E-state index contributed by atoms with van der Waals surface area (Å²) in [4.78, 5) is 13.6. The number of carbonyl (C=O) groups excluding carboxylic acids is 1. The monoisotopic (exact) mass is 347 g/mol. The predicted molar refractivity (Wildman–Crippen MR) is 82.1 cm³/mol. The summed E-state index contributed by atoms with van der Waals surface area (Å²) in [6.07, 6.45) is -1.54. The van der Waals surface area contributed by atoms with Gasteiger partial charge in [0.15, 0.2) is 5.82 Å². The Morgan fingerprint density at radius 1 is 1.17 bits per heavy atom. The summed E-state index contributed by atoms with van der Waals surface area (Å²) in [6.45, 7) is 7.37. The standard InChI is InChI=1S/C15H24F3N5O/c1-14(2,3)6-4-5-7-19-13(24)22-8-9-23-11(10-22)20-21-12(23)15(16,17)18/h4-10H2,1-3H3,(H,19,24). The van der Waals surface area contributed by atoms with E-state index in [-0.39, 0.29) is 36.9 Å². The van der Waals surface area contributed by atoms with Crippen LogP contribution in [0.3, 0.4) is 0 Å². The first-order chi connectivity index (χ1) is 11.1. The van der Waals surface area contributed by atoms with Gasteiger partial charge in [0.2, 0.25) is 5.82 Å². The first-order valence-corrected chi connectivity index (χ1v) is 8.10. The summed E-state index contributed by atoms with van der Waals surface area (Å²) in [5, 5.41) is 9.58. The van der Waals surface area contributed by atoms with Gasteiger partial charge in [-0.15, -0.1) is 10.2 Å². The maximum atomic E-state index is 12.8. The van der Waals surface area contributed by atoms with Crippen LogP contribution >= 0.6 is 0 Å². The molecule has 1 aliphatic heterocycles. The number of aromatic nitrogens is 3. The zero-order valence-electron chi connectivity index (χ0n) is 14.3. The van der Waals surface area contributed by atoms with E-state index in [1.807, 2.05) is 0 Å². The van der Waals surface area contributed by atoms with Crippen LogP contribution in [0.25, 0.3) is 0 Å². The third-order valence-corrected chi connectivity index (χ3v) is 3.92. The minimum Gasteiger partial charge on any atom is -0.338 e. The molecule has 0 aliphatic carbocycles. The van der Waals surface area contributed by atoms with Gasteiger partial charge in [-0.1, -0.05) is 27.2 Å². The SMILES string of the molecule is CC(C)(C)CCCCNC(=O)N1CCn2c(nnc2C(F)(F)F)C1. The fourth-order valence-corrected chi connectivity index (χ4v) is 2.63. The van der Waals surface area contributed by atoms with E-state index in [1.54, 1.807) is 0 Å². The van der Waals surface area contributed by atoms with Crippen molar-refractivity contribution in [1.82, 2.24) is 25.0 Å². The van der Waals surface area contributed by atoms with E-state index < -0.39 is 12.0 Å².